The molecule has 1 aromatic heterocycles. The van der Waals surface area contributed by atoms with Gasteiger partial charge in [0.2, 0.25) is 0 Å². The molecule has 1 unspecified atom stereocenters. The molecule has 1 aromatic rings. The minimum Gasteiger partial charge on any atom is -0.468 e. The molecule has 2 saturated heterocycles. The summed E-state index contributed by atoms with van der Waals surface area (Å²) in [5.41, 5.74) is 0.382. The van der Waals surface area contributed by atoms with Crippen molar-refractivity contribution in [2.24, 2.45) is 5.92 Å². The first-order valence-electron chi connectivity index (χ1n) is 7.75. The van der Waals surface area contributed by atoms with E-state index in [2.05, 4.69) is 29.8 Å². The van der Waals surface area contributed by atoms with Crippen molar-refractivity contribution in [2.75, 3.05) is 39.9 Å². The van der Waals surface area contributed by atoms with Gasteiger partial charge in [-0.05, 0) is 51.4 Å². The predicted octanol–water partition coefficient (Wildman–Crippen LogP) is 2.21. The van der Waals surface area contributed by atoms with Crippen molar-refractivity contribution >= 4 is 0 Å². The lowest BCUT2D eigenvalue weighted by Gasteiger charge is -2.58. The van der Waals surface area contributed by atoms with E-state index >= 15 is 0 Å². The van der Waals surface area contributed by atoms with Gasteiger partial charge in [-0.1, -0.05) is 0 Å². The first-order chi connectivity index (χ1) is 9.72. The molecule has 112 valence electrons. The van der Waals surface area contributed by atoms with Gasteiger partial charge in [0.05, 0.1) is 12.8 Å². The zero-order valence-electron chi connectivity index (χ0n) is 12.7. The highest BCUT2D eigenvalue weighted by Crippen LogP contribution is 2.38. The van der Waals surface area contributed by atoms with E-state index in [1.807, 2.05) is 6.07 Å². The monoisotopic (exact) mass is 278 g/mol. The van der Waals surface area contributed by atoms with Gasteiger partial charge in [0.1, 0.15) is 5.76 Å². The Morgan fingerprint density at radius 3 is 3.00 bits per heavy atom. The number of hydrogen-bond donors (Lipinski definition) is 0. The first-order valence-corrected chi connectivity index (χ1v) is 7.75. The van der Waals surface area contributed by atoms with Crippen LogP contribution in [-0.4, -0.2) is 55.2 Å². The molecule has 1 spiro atoms. The lowest BCUT2D eigenvalue weighted by Crippen LogP contribution is -2.71. The van der Waals surface area contributed by atoms with Crippen molar-refractivity contribution in [3.8, 4) is 0 Å². The standard InChI is InChI=1S/C16H26N2O2/c1-3-19-11-14-6-7-17(2)16(9-14)12-18(13-16)10-15-5-4-8-20-15/h4-5,8,14H,3,6-7,9-13H2,1-2H3. The molecule has 1 atom stereocenters. The van der Waals surface area contributed by atoms with Gasteiger partial charge in [-0.25, -0.2) is 0 Å². The normalized spacial score (nSPS) is 26.8. The van der Waals surface area contributed by atoms with Crippen LogP contribution in [0, 0.1) is 5.92 Å². The number of hydrogen-bond acceptors (Lipinski definition) is 4. The lowest BCUT2D eigenvalue weighted by atomic mass is 9.75. The number of furan rings is 1. The molecule has 3 rings (SSSR count). The highest BCUT2D eigenvalue weighted by molar-refractivity contribution is 5.08. The van der Waals surface area contributed by atoms with E-state index in [4.69, 9.17) is 9.15 Å². The van der Waals surface area contributed by atoms with E-state index in [0.717, 1.165) is 44.5 Å². The molecule has 0 saturated carbocycles. The van der Waals surface area contributed by atoms with Crippen molar-refractivity contribution in [2.45, 2.75) is 31.8 Å². The van der Waals surface area contributed by atoms with Crippen LogP contribution in [0.3, 0.4) is 0 Å². The Balaban J connectivity index is 1.53. The van der Waals surface area contributed by atoms with Gasteiger partial charge in [-0.3, -0.25) is 9.80 Å². The van der Waals surface area contributed by atoms with Gasteiger partial charge < -0.3 is 9.15 Å². The SMILES string of the molecule is CCOCC1CCN(C)C2(C1)CN(Cc1ccco1)C2. The van der Waals surface area contributed by atoms with Crippen molar-refractivity contribution in [3.63, 3.8) is 0 Å². The van der Waals surface area contributed by atoms with E-state index < -0.39 is 0 Å². The minimum absolute atomic E-state index is 0.382. The summed E-state index contributed by atoms with van der Waals surface area (Å²) in [5.74, 6) is 1.81. The third-order valence-corrected chi connectivity index (χ3v) is 4.90. The Morgan fingerprint density at radius 2 is 2.30 bits per heavy atom. The highest BCUT2D eigenvalue weighted by atomic mass is 16.5. The Labute approximate surface area is 121 Å². The van der Waals surface area contributed by atoms with Crippen LogP contribution in [0.2, 0.25) is 0 Å². The largest absolute Gasteiger partial charge is 0.468 e. The average molecular weight is 278 g/mol. The van der Waals surface area contributed by atoms with Crippen molar-refractivity contribution in [3.05, 3.63) is 24.2 Å². The molecule has 0 aliphatic carbocycles. The van der Waals surface area contributed by atoms with Crippen LogP contribution in [0.5, 0.6) is 0 Å². The maximum Gasteiger partial charge on any atom is 0.117 e. The Bertz CT molecular complexity index is 410. The zero-order valence-corrected chi connectivity index (χ0v) is 12.7. The second kappa shape index (κ2) is 5.88. The fourth-order valence-corrected chi connectivity index (χ4v) is 3.73. The number of piperidine rings is 1. The summed E-state index contributed by atoms with van der Waals surface area (Å²) in [6.07, 6.45) is 4.31. The lowest BCUT2D eigenvalue weighted by molar-refractivity contribution is -0.0938. The van der Waals surface area contributed by atoms with Crippen LogP contribution in [0.25, 0.3) is 0 Å². The zero-order chi connectivity index (χ0) is 14.0. The molecule has 20 heavy (non-hydrogen) atoms. The van der Waals surface area contributed by atoms with E-state index in [9.17, 15) is 0 Å². The van der Waals surface area contributed by atoms with Gasteiger partial charge in [-0.15, -0.1) is 0 Å². The van der Waals surface area contributed by atoms with Crippen molar-refractivity contribution in [1.82, 2.24) is 9.80 Å². The maximum atomic E-state index is 5.64. The highest BCUT2D eigenvalue weighted by Gasteiger charge is 2.49. The Hall–Kier alpha value is -0.840. The second-order valence-electron chi connectivity index (χ2n) is 6.39. The summed E-state index contributed by atoms with van der Waals surface area (Å²) in [7, 11) is 2.28. The van der Waals surface area contributed by atoms with E-state index in [0.29, 0.717) is 5.54 Å². The van der Waals surface area contributed by atoms with Crippen molar-refractivity contribution in [1.29, 1.82) is 0 Å². The van der Waals surface area contributed by atoms with E-state index in [1.54, 1.807) is 6.26 Å². The minimum atomic E-state index is 0.382. The number of likely N-dealkylation sites (tertiary alicyclic amines) is 2. The molecule has 4 nitrogen and oxygen atoms in total. The van der Waals surface area contributed by atoms with E-state index in [1.165, 1.54) is 19.4 Å². The number of ether oxygens (including phenoxy) is 1. The summed E-state index contributed by atoms with van der Waals surface area (Å²) in [6, 6.07) is 4.03. The third-order valence-electron chi connectivity index (χ3n) is 4.90. The Morgan fingerprint density at radius 1 is 1.45 bits per heavy atom. The van der Waals surface area contributed by atoms with Crippen LogP contribution in [-0.2, 0) is 11.3 Å². The second-order valence-corrected chi connectivity index (χ2v) is 6.39. The molecule has 4 heteroatoms. The molecular weight excluding hydrogens is 252 g/mol. The predicted molar refractivity (Wildman–Crippen MR) is 78.6 cm³/mol. The third kappa shape index (κ3) is 2.78. The van der Waals surface area contributed by atoms with Gasteiger partial charge >= 0.3 is 0 Å². The van der Waals surface area contributed by atoms with Crippen molar-refractivity contribution < 1.29 is 9.15 Å². The molecule has 0 radical (unpaired) electrons. The fourth-order valence-electron chi connectivity index (χ4n) is 3.73. The average Bonchev–Trinajstić information content (AvgIpc) is 2.90. The summed E-state index contributed by atoms with van der Waals surface area (Å²) in [6.45, 7) is 8.32. The summed E-state index contributed by atoms with van der Waals surface area (Å²) >= 11 is 0. The number of nitrogens with zero attached hydrogens (tertiary/aromatic N) is 2. The van der Waals surface area contributed by atoms with Crippen LogP contribution in [0.4, 0.5) is 0 Å². The summed E-state index contributed by atoms with van der Waals surface area (Å²) in [5, 5.41) is 0. The van der Waals surface area contributed by atoms with Gasteiger partial charge in [0.15, 0.2) is 0 Å². The molecule has 0 N–H and O–H groups in total. The molecule has 2 aliphatic heterocycles. The van der Waals surface area contributed by atoms with Crippen LogP contribution in [0.1, 0.15) is 25.5 Å². The van der Waals surface area contributed by atoms with Gasteiger partial charge in [0, 0.05) is 31.8 Å². The quantitative estimate of drug-likeness (QED) is 0.826. The molecule has 0 amide bonds. The molecule has 0 bridgehead atoms. The van der Waals surface area contributed by atoms with Gasteiger partial charge in [-0.2, -0.15) is 0 Å². The Kier molecular flexibility index (Phi) is 4.15. The molecule has 0 aromatic carbocycles. The van der Waals surface area contributed by atoms with E-state index in [-0.39, 0.29) is 0 Å². The topological polar surface area (TPSA) is 28.9 Å². The molecule has 2 fully saturated rings. The maximum absolute atomic E-state index is 5.64. The van der Waals surface area contributed by atoms with Crippen LogP contribution in [0.15, 0.2) is 22.8 Å². The number of likely N-dealkylation sites (N-methyl/N-ethyl adjacent to an activating group) is 1. The van der Waals surface area contributed by atoms with Crippen LogP contribution >= 0.6 is 0 Å². The number of rotatable bonds is 5. The van der Waals surface area contributed by atoms with Crippen LogP contribution < -0.4 is 0 Å². The summed E-state index contributed by atoms with van der Waals surface area (Å²) in [4.78, 5) is 5.05. The molecular formula is C16H26N2O2. The van der Waals surface area contributed by atoms with Gasteiger partial charge in [0.25, 0.3) is 0 Å². The molecule has 3 heterocycles. The molecule has 2 aliphatic rings. The fraction of sp³-hybridized carbons (Fsp3) is 0.750. The smallest absolute Gasteiger partial charge is 0.117 e. The summed E-state index contributed by atoms with van der Waals surface area (Å²) < 4.78 is 11.1. The first kappa shape index (κ1) is 14.1.